The number of hydrogen-bond acceptors (Lipinski definition) is 6. The van der Waals surface area contributed by atoms with E-state index in [-0.39, 0.29) is 11.6 Å². The molecule has 0 radical (unpaired) electrons. The molecule has 1 N–H and O–H groups in total. The molecule has 3 heterocycles. The SMILES string of the molecule is COCC1CNCCN1c1ncnc2c1cnn2C(C)(C)C. The molecule has 0 spiro atoms. The molecule has 120 valence electrons. The average Bonchev–Trinajstić information content (AvgIpc) is 2.92. The Morgan fingerprint density at radius 3 is 2.91 bits per heavy atom. The minimum atomic E-state index is -0.108. The van der Waals surface area contributed by atoms with Gasteiger partial charge in [-0.05, 0) is 20.8 Å². The van der Waals surface area contributed by atoms with Gasteiger partial charge in [-0.1, -0.05) is 0 Å². The second kappa shape index (κ2) is 5.81. The summed E-state index contributed by atoms with van der Waals surface area (Å²) in [4.78, 5) is 11.3. The van der Waals surface area contributed by atoms with Crippen LogP contribution in [0.25, 0.3) is 11.0 Å². The first-order valence-corrected chi connectivity index (χ1v) is 7.68. The van der Waals surface area contributed by atoms with Crippen molar-refractivity contribution in [1.29, 1.82) is 0 Å². The smallest absolute Gasteiger partial charge is 0.163 e. The third-order valence-electron chi connectivity index (χ3n) is 3.96. The van der Waals surface area contributed by atoms with Crippen molar-refractivity contribution in [3.8, 4) is 0 Å². The molecule has 1 saturated heterocycles. The van der Waals surface area contributed by atoms with Crippen molar-refractivity contribution in [2.45, 2.75) is 32.4 Å². The maximum absolute atomic E-state index is 5.36. The lowest BCUT2D eigenvalue weighted by molar-refractivity contribution is 0.170. The van der Waals surface area contributed by atoms with Gasteiger partial charge in [0.05, 0.1) is 29.8 Å². The van der Waals surface area contributed by atoms with Crippen LogP contribution < -0.4 is 10.2 Å². The topological polar surface area (TPSA) is 68.1 Å². The van der Waals surface area contributed by atoms with Crippen molar-refractivity contribution < 1.29 is 4.74 Å². The van der Waals surface area contributed by atoms with Crippen LogP contribution in [0.1, 0.15) is 20.8 Å². The lowest BCUT2D eigenvalue weighted by Gasteiger charge is -2.36. The number of hydrogen-bond donors (Lipinski definition) is 1. The van der Waals surface area contributed by atoms with Crippen molar-refractivity contribution in [2.24, 2.45) is 0 Å². The van der Waals surface area contributed by atoms with E-state index in [4.69, 9.17) is 4.74 Å². The third kappa shape index (κ3) is 2.66. The number of anilines is 1. The van der Waals surface area contributed by atoms with Crippen molar-refractivity contribution in [3.63, 3.8) is 0 Å². The Balaban J connectivity index is 2.05. The first-order chi connectivity index (χ1) is 10.5. The monoisotopic (exact) mass is 304 g/mol. The zero-order valence-corrected chi connectivity index (χ0v) is 13.7. The minimum Gasteiger partial charge on any atom is -0.383 e. The molecule has 2 aromatic rings. The fourth-order valence-electron chi connectivity index (χ4n) is 2.93. The van der Waals surface area contributed by atoms with Gasteiger partial charge in [0.25, 0.3) is 0 Å². The number of nitrogens with zero attached hydrogens (tertiary/aromatic N) is 5. The molecule has 0 aromatic carbocycles. The van der Waals surface area contributed by atoms with Gasteiger partial charge in [-0.15, -0.1) is 0 Å². The Kier molecular flexibility index (Phi) is 4.01. The molecule has 2 aromatic heterocycles. The van der Waals surface area contributed by atoms with Gasteiger partial charge >= 0.3 is 0 Å². The lowest BCUT2D eigenvalue weighted by atomic mass is 10.1. The molecule has 1 aliphatic heterocycles. The number of piperazine rings is 1. The summed E-state index contributed by atoms with van der Waals surface area (Å²) in [6.07, 6.45) is 3.51. The summed E-state index contributed by atoms with van der Waals surface area (Å²) < 4.78 is 7.32. The molecule has 0 amide bonds. The van der Waals surface area contributed by atoms with Gasteiger partial charge in [-0.25, -0.2) is 14.6 Å². The zero-order valence-electron chi connectivity index (χ0n) is 13.7. The highest BCUT2D eigenvalue weighted by Crippen LogP contribution is 2.27. The van der Waals surface area contributed by atoms with Crippen molar-refractivity contribution in [2.75, 3.05) is 38.3 Å². The molecule has 1 aliphatic rings. The van der Waals surface area contributed by atoms with E-state index in [2.05, 4.69) is 46.1 Å². The summed E-state index contributed by atoms with van der Waals surface area (Å²) in [6, 6.07) is 0.273. The Morgan fingerprint density at radius 1 is 1.36 bits per heavy atom. The Labute approximate surface area is 130 Å². The summed E-state index contributed by atoms with van der Waals surface area (Å²) in [6.45, 7) is 9.79. The largest absolute Gasteiger partial charge is 0.383 e. The third-order valence-corrected chi connectivity index (χ3v) is 3.96. The maximum Gasteiger partial charge on any atom is 0.163 e. The molecular formula is C15H24N6O. The molecular weight excluding hydrogens is 280 g/mol. The highest BCUT2D eigenvalue weighted by molar-refractivity contribution is 5.87. The second-order valence-corrected chi connectivity index (χ2v) is 6.67. The fourth-order valence-corrected chi connectivity index (χ4v) is 2.93. The van der Waals surface area contributed by atoms with E-state index in [0.717, 1.165) is 36.5 Å². The predicted octanol–water partition coefficient (Wildman–Crippen LogP) is 1.01. The van der Waals surface area contributed by atoms with Crippen LogP contribution in [0.2, 0.25) is 0 Å². The summed E-state index contributed by atoms with van der Waals surface area (Å²) in [7, 11) is 1.74. The Morgan fingerprint density at radius 2 is 2.18 bits per heavy atom. The number of fused-ring (bicyclic) bond motifs is 1. The summed E-state index contributed by atoms with van der Waals surface area (Å²) >= 11 is 0. The lowest BCUT2D eigenvalue weighted by Crippen LogP contribution is -2.53. The molecule has 22 heavy (non-hydrogen) atoms. The average molecular weight is 304 g/mol. The number of rotatable bonds is 3. The number of methoxy groups -OCH3 is 1. The number of ether oxygens (including phenoxy) is 1. The van der Waals surface area contributed by atoms with Crippen LogP contribution in [-0.4, -0.2) is 59.1 Å². The highest BCUT2D eigenvalue weighted by atomic mass is 16.5. The molecule has 0 aliphatic carbocycles. The van der Waals surface area contributed by atoms with Crippen LogP contribution in [-0.2, 0) is 10.3 Å². The highest BCUT2D eigenvalue weighted by Gasteiger charge is 2.27. The van der Waals surface area contributed by atoms with Crippen LogP contribution >= 0.6 is 0 Å². The van der Waals surface area contributed by atoms with E-state index in [1.54, 1.807) is 13.4 Å². The van der Waals surface area contributed by atoms with Gasteiger partial charge in [0.2, 0.25) is 0 Å². The van der Waals surface area contributed by atoms with E-state index in [1.165, 1.54) is 0 Å². The molecule has 0 saturated carbocycles. The van der Waals surface area contributed by atoms with Crippen LogP contribution in [0.5, 0.6) is 0 Å². The van der Waals surface area contributed by atoms with Crippen molar-refractivity contribution >= 4 is 16.9 Å². The Hall–Kier alpha value is -1.73. The first-order valence-electron chi connectivity index (χ1n) is 7.68. The zero-order chi connectivity index (χ0) is 15.7. The van der Waals surface area contributed by atoms with E-state index in [1.807, 2.05) is 10.9 Å². The summed E-state index contributed by atoms with van der Waals surface area (Å²) in [5.41, 5.74) is 0.773. The molecule has 0 bridgehead atoms. The maximum atomic E-state index is 5.36. The minimum absolute atomic E-state index is 0.108. The van der Waals surface area contributed by atoms with E-state index in [9.17, 15) is 0 Å². The van der Waals surface area contributed by atoms with E-state index < -0.39 is 0 Å². The van der Waals surface area contributed by atoms with Crippen LogP contribution in [0.3, 0.4) is 0 Å². The molecule has 1 unspecified atom stereocenters. The van der Waals surface area contributed by atoms with Crippen LogP contribution in [0.15, 0.2) is 12.5 Å². The van der Waals surface area contributed by atoms with E-state index in [0.29, 0.717) is 6.61 Å². The van der Waals surface area contributed by atoms with Gasteiger partial charge in [0, 0.05) is 26.7 Å². The second-order valence-electron chi connectivity index (χ2n) is 6.67. The van der Waals surface area contributed by atoms with Gasteiger partial charge in [-0.3, -0.25) is 0 Å². The number of nitrogens with one attached hydrogen (secondary N) is 1. The fraction of sp³-hybridized carbons (Fsp3) is 0.667. The van der Waals surface area contributed by atoms with Gasteiger partial charge in [0.15, 0.2) is 5.65 Å². The number of aromatic nitrogens is 4. The first kappa shape index (κ1) is 15.2. The van der Waals surface area contributed by atoms with Crippen molar-refractivity contribution in [3.05, 3.63) is 12.5 Å². The van der Waals surface area contributed by atoms with Crippen LogP contribution in [0, 0.1) is 0 Å². The normalized spacial score (nSPS) is 19.8. The molecule has 1 atom stereocenters. The molecule has 1 fully saturated rings. The summed E-state index contributed by atoms with van der Waals surface area (Å²) in [5.74, 6) is 0.948. The quantitative estimate of drug-likeness (QED) is 0.912. The Bertz CT molecular complexity index is 645. The van der Waals surface area contributed by atoms with Gasteiger partial charge < -0.3 is 15.0 Å². The molecule has 3 rings (SSSR count). The molecule has 7 nitrogen and oxygen atoms in total. The van der Waals surface area contributed by atoms with Crippen LogP contribution in [0.4, 0.5) is 5.82 Å². The van der Waals surface area contributed by atoms with Gasteiger partial charge in [0.1, 0.15) is 12.1 Å². The standard InChI is InChI=1S/C15H24N6O/c1-15(2,3)21-14-12(8-19-21)13(17-10-18-14)20-6-5-16-7-11(20)9-22-4/h8,10-11,16H,5-7,9H2,1-4H3. The van der Waals surface area contributed by atoms with Crippen molar-refractivity contribution in [1.82, 2.24) is 25.1 Å². The van der Waals surface area contributed by atoms with E-state index >= 15 is 0 Å². The summed E-state index contributed by atoms with van der Waals surface area (Å²) in [5, 5.41) is 8.95. The van der Waals surface area contributed by atoms with Gasteiger partial charge in [-0.2, -0.15) is 5.10 Å². The molecule has 7 heteroatoms. The predicted molar refractivity (Wildman–Crippen MR) is 86.2 cm³/mol.